The maximum absolute atomic E-state index is 12.7. The van der Waals surface area contributed by atoms with Crippen LogP contribution in [0.15, 0.2) is 83.8 Å². The molecule has 1 amide bonds. The minimum atomic E-state index is -0.128. The zero-order valence-electron chi connectivity index (χ0n) is 16.9. The van der Waals surface area contributed by atoms with Crippen molar-refractivity contribution in [3.63, 3.8) is 0 Å². The number of thioether (sulfide) groups is 1. The molecule has 1 N–H and O–H groups in total. The molecule has 3 aromatic rings. The fourth-order valence-electron chi connectivity index (χ4n) is 2.79. The van der Waals surface area contributed by atoms with Gasteiger partial charge in [0.05, 0.1) is 12.5 Å². The van der Waals surface area contributed by atoms with E-state index < -0.39 is 0 Å². The molecular weight excluding hydrogens is 392 g/mol. The number of benzene rings is 3. The lowest BCUT2D eigenvalue weighted by molar-refractivity contribution is -0.118. The van der Waals surface area contributed by atoms with Crippen LogP contribution >= 0.6 is 11.8 Å². The van der Waals surface area contributed by atoms with Crippen molar-refractivity contribution in [1.29, 1.82) is 5.26 Å². The van der Waals surface area contributed by atoms with Crippen molar-refractivity contribution in [3.8, 4) is 11.8 Å². The van der Waals surface area contributed by atoms with E-state index in [0.29, 0.717) is 18.8 Å². The van der Waals surface area contributed by atoms with Gasteiger partial charge in [0.25, 0.3) is 0 Å². The minimum absolute atomic E-state index is 0.00765. The molecule has 4 nitrogen and oxygen atoms in total. The van der Waals surface area contributed by atoms with Gasteiger partial charge in [-0.05, 0) is 35.9 Å². The van der Waals surface area contributed by atoms with E-state index in [9.17, 15) is 4.79 Å². The summed E-state index contributed by atoms with van der Waals surface area (Å²) in [4.78, 5) is 13.8. The van der Waals surface area contributed by atoms with Crippen LogP contribution in [0.25, 0.3) is 0 Å². The van der Waals surface area contributed by atoms with Crippen LogP contribution in [0.3, 0.4) is 0 Å². The Labute approximate surface area is 181 Å². The van der Waals surface area contributed by atoms with Gasteiger partial charge >= 0.3 is 0 Å². The maximum atomic E-state index is 12.7. The first-order valence-corrected chi connectivity index (χ1v) is 10.8. The monoisotopic (exact) mass is 416 g/mol. The number of carbonyl (C=O) groups excluding carboxylic acids is 1. The average molecular weight is 417 g/mol. The molecule has 0 spiro atoms. The highest BCUT2D eigenvalue weighted by Gasteiger charge is 2.15. The van der Waals surface area contributed by atoms with Crippen molar-refractivity contribution in [3.05, 3.63) is 90.0 Å². The molecule has 30 heavy (non-hydrogen) atoms. The third kappa shape index (κ3) is 6.40. The number of nitrogens with one attached hydrogen (secondary N) is 1. The highest BCUT2D eigenvalue weighted by atomic mass is 32.2. The van der Waals surface area contributed by atoms with Crippen molar-refractivity contribution in [2.75, 3.05) is 11.1 Å². The predicted octanol–water partition coefficient (Wildman–Crippen LogP) is 5.70. The highest BCUT2D eigenvalue weighted by Crippen LogP contribution is 2.23. The van der Waals surface area contributed by atoms with E-state index in [-0.39, 0.29) is 11.8 Å². The summed E-state index contributed by atoms with van der Waals surface area (Å²) >= 11 is 1.68. The second-order valence-electron chi connectivity index (χ2n) is 6.94. The number of nitriles is 1. The van der Waals surface area contributed by atoms with E-state index >= 15 is 0 Å². The smallest absolute Gasteiger partial charge is 0.228 e. The zero-order chi connectivity index (χ0) is 21.2. The third-order valence-electron chi connectivity index (χ3n) is 4.57. The van der Waals surface area contributed by atoms with Gasteiger partial charge in [0.1, 0.15) is 12.4 Å². The van der Waals surface area contributed by atoms with Gasteiger partial charge in [0.2, 0.25) is 5.91 Å². The summed E-state index contributed by atoms with van der Waals surface area (Å²) < 4.78 is 5.87. The third-order valence-corrected chi connectivity index (χ3v) is 5.84. The van der Waals surface area contributed by atoms with Gasteiger partial charge in [0, 0.05) is 27.8 Å². The molecular formula is C25H24N2O2S. The molecule has 3 rings (SSSR count). The number of anilines is 1. The van der Waals surface area contributed by atoms with Crippen LogP contribution in [0.4, 0.5) is 5.69 Å². The Morgan fingerprint density at radius 2 is 1.73 bits per heavy atom. The molecule has 0 aliphatic carbocycles. The van der Waals surface area contributed by atoms with Crippen LogP contribution in [0, 0.1) is 17.2 Å². The molecule has 0 saturated heterocycles. The van der Waals surface area contributed by atoms with Crippen LogP contribution in [0.2, 0.25) is 0 Å². The second-order valence-corrected chi connectivity index (χ2v) is 8.03. The first-order chi connectivity index (χ1) is 14.7. The van der Waals surface area contributed by atoms with E-state index in [2.05, 4.69) is 23.5 Å². The van der Waals surface area contributed by atoms with Gasteiger partial charge in [-0.3, -0.25) is 4.79 Å². The van der Waals surface area contributed by atoms with Crippen molar-refractivity contribution in [2.24, 2.45) is 5.92 Å². The summed E-state index contributed by atoms with van der Waals surface area (Å²) in [5, 5.41) is 11.8. The molecule has 0 heterocycles. The predicted molar refractivity (Wildman–Crippen MR) is 121 cm³/mol. The van der Waals surface area contributed by atoms with Crippen molar-refractivity contribution in [2.45, 2.75) is 24.8 Å². The lowest BCUT2D eigenvalue weighted by atomic mass is 10.1. The summed E-state index contributed by atoms with van der Waals surface area (Å²) in [5.74, 6) is 1.30. The molecule has 0 saturated carbocycles. The molecule has 5 heteroatoms. The van der Waals surface area contributed by atoms with Crippen molar-refractivity contribution < 1.29 is 9.53 Å². The van der Waals surface area contributed by atoms with Crippen LogP contribution in [-0.2, 0) is 17.8 Å². The molecule has 0 bridgehead atoms. The Balaban J connectivity index is 1.56. The normalized spacial score (nSPS) is 11.3. The topological polar surface area (TPSA) is 62.1 Å². The minimum Gasteiger partial charge on any atom is -0.489 e. The molecule has 152 valence electrons. The Morgan fingerprint density at radius 1 is 1.03 bits per heavy atom. The summed E-state index contributed by atoms with van der Waals surface area (Å²) in [6.45, 7) is 2.29. The standard InChI is InChI=1S/C25H24N2O2S/c1-19(18-30-23-8-3-2-4-9-23)25(28)27-24-10-6-5-7-21(24)17-29-22-13-11-20(12-14-22)15-16-26/h2-14,19H,15,17-18H2,1H3,(H,27,28). The Bertz CT molecular complexity index is 998. The number of ether oxygens (including phenoxy) is 1. The number of carbonyl (C=O) groups is 1. The number of para-hydroxylation sites is 1. The van der Waals surface area contributed by atoms with E-state index in [0.717, 1.165) is 27.5 Å². The summed E-state index contributed by atoms with van der Waals surface area (Å²) in [5.41, 5.74) is 2.63. The van der Waals surface area contributed by atoms with E-state index in [1.807, 2.05) is 73.7 Å². The zero-order valence-corrected chi connectivity index (χ0v) is 17.7. The quantitative estimate of drug-likeness (QED) is 0.455. The van der Waals surface area contributed by atoms with Gasteiger partial charge in [-0.25, -0.2) is 0 Å². The first-order valence-electron chi connectivity index (χ1n) is 9.81. The van der Waals surface area contributed by atoms with E-state index in [1.54, 1.807) is 11.8 Å². The van der Waals surface area contributed by atoms with Crippen LogP contribution < -0.4 is 10.1 Å². The Morgan fingerprint density at radius 3 is 2.47 bits per heavy atom. The van der Waals surface area contributed by atoms with Crippen molar-refractivity contribution >= 4 is 23.4 Å². The first kappa shape index (κ1) is 21.5. The Kier molecular flexibility index (Phi) is 7.94. The molecule has 1 unspecified atom stereocenters. The average Bonchev–Trinajstić information content (AvgIpc) is 2.78. The van der Waals surface area contributed by atoms with Gasteiger partial charge in [-0.15, -0.1) is 11.8 Å². The number of amides is 1. The number of nitrogens with zero attached hydrogens (tertiary/aromatic N) is 1. The van der Waals surface area contributed by atoms with Gasteiger partial charge < -0.3 is 10.1 Å². The molecule has 0 aromatic heterocycles. The highest BCUT2D eigenvalue weighted by molar-refractivity contribution is 7.99. The summed E-state index contributed by atoms with van der Waals surface area (Å²) in [6, 6.07) is 27.4. The van der Waals surface area contributed by atoms with E-state index in [1.165, 1.54) is 0 Å². The van der Waals surface area contributed by atoms with Crippen molar-refractivity contribution in [1.82, 2.24) is 0 Å². The van der Waals surface area contributed by atoms with Crippen LogP contribution in [0.1, 0.15) is 18.1 Å². The molecule has 0 aliphatic rings. The maximum Gasteiger partial charge on any atom is 0.228 e. The molecule has 1 atom stereocenters. The molecule has 3 aromatic carbocycles. The summed E-state index contributed by atoms with van der Waals surface area (Å²) in [6.07, 6.45) is 0.385. The molecule has 0 radical (unpaired) electrons. The van der Waals surface area contributed by atoms with Crippen LogP contribution in [0.5, 0.6) is 5.75 Å². The number of rotatable bonds is 9. The van der Waals surface area contributed by atoms with Gasteiger partial charge in [0.15, 0.2) is 0 Å². The van der Waals surface area contributed by atoms with E-state index in [4.69, 9.17) is 10.00 Å². The number of hydrogen-bond acceptors (Lipinski definition) is 4. The number of hydrogen-bond donors (Lipinski definition) is 1. The lowest BCUT2D eigenvalue weighted by Crippen LogP contribution is -2.23. The van der Waals surface area contributed by atoms with Gasteiger partial charge in [-0.2, -0.15) is 5.26 Å². The fraction of sp³-hybridized carbons (Fsp3) is 0.200. The second kappa shape index (κ2) is 11.1. The molecule has 0 aliphatic heterocycles. The van der Waals surface area contributed by atoms with Crippen LogP contribution in [-0.4, -0.2) is 11.7 Å². The lowest BCUT2D eigenvalue weighted by Gasteiger charge is -2.15. The molecule has 0 fully saturated rings. The fourth-order valence-corrected chi connectivity index (χ4v) is 3.74. The van der Waals surface area contributed by atoms with Gasteiger partial charge in [-0.1, -0.05) is 55.5 Å². The Hall–Kier alpha value is -3.23. The largest absolute Gasteiger partial charge is 0.489 e. The SMILES string of the molecule is CC(CSc1ccccc1)C(=O)Nc1ccccc1COc1ccc(CC#N)cc1. The summed E-state index contributed by atoms with van der Waals surface area (Å²) in [7, 11) is 0.